The Balaban J connectivity index is 1.56. The fourth-order valence-electron chi connectivity index (χ4n) is 2.31. The van der Waals surface area contributed by atoms with Crippen LogP contribution in [0.2, 0.25) is 0 Å². The van der Waals surface area contributed by atoms with E-state index in [4.69, 9.17) is 0 Å². The van der Waals surface area contributed by atoms with Crippen LogP contribution in [0.4, 0.5) is 13.9 Å². The summed E-state index contributed by atoms with van der Waals surface area (Å²) in [7, 11) is -3.52. The Morgan fingerprint density at radius 1 is 1.23 bits per heavy atom. The predicted octanol–water partition coefficient (Wildman–Crippen LogP) is 1.78. The molecule has 3 aromatic heterocycles. The van der Waals surface area contributed by atoms with Crippen LogP contribution in [0.25, 0.3) is 11.4 Å². The number of anilines is 1. The number of rotatable bonds is 8. The van der Waals surface area contributed by atoms with Crippen LogP contribution in [0.1, 0.15) is 10.4 Å². The van der Waals surface area contributed by atoms with Crippen molar-refractivity contribution in [1.82, 2.24) is 19.3 Å². The van der Waals surface area contributed by atoms with Gasteiger partial charge < -0.3 is 15.4 Å². The predicted molar refractivity (Wildman–Crippen MR) is 108 cm³/mol. The van der Waals surface area contributed by atoms with Crippen molar-refractivity contribution in [2.24, 2.45) is 0 Å². The van der Waals surface area contributed by atoms with Gasteiger partial charge in [0, 0.05) is 23.8 Å². The zero-order chi connectivity index (χ0) is 22.6. The smallest absolute Gasteiger partial charge is 0.388 e. The van der Waals surface area contributed by atoms with E-state index in [9.17, 15) is 26.8 Å². The number of aromatic nitrogens is 3. The molecule has 3 heterocycles. The van der Waals surface area contributed by atoms with Gasteiger partial charge in [-0.05, 0) is 12.1 Å². The highest BCUT2D eigenvalue weighted by molar-refractivity contribution is 7.89. The van der Waals surface area contributed by atoms with Crippen LogP contribution in [0.15, 0.2) is 42.0 Å². The molecule has 0 saturated heterocycles. The summed E-state index contributed by atoms with van der Waals surface area (Å²) < 4.78 is 52.6. The van der Waals surface area contributed by atoms with E-state index in [1.54, 1.807) is 11.4 Å². The molecule has 2 N–H and O–H groups in total. The van der Waals surface area contributed by atoms with Crippen LogP contribution in [-0.2, 0) is 14.8 Å². The summed E-state index contributed by atoms with van der Waals surface area (Å²) in [5, 5.41) is 6.63. The minimum absolute atomic E-state index is 0.0757. The van der Waals surface area contributed by atoms with Crippen LogP contribution in [0.5, 0.6) is 5.88 Å². The number of hydrogen-bond acceptors (Lipinski definition) is 8. The quantitative estimate of drug-likeness (QED) is 0.512. The van der Waals surface area contributed by atoms with Crippen molar-refractivity contribution in [3.63, 3.8) is 0 Å². The zero-order valence-corrected chi connectivity index (χ0v) is 17.4. The summed E-state index contributed by atoms with van der Waals surface area (Å²) in [6, 6.07) is 5.60. The minimum atomic E-state index is -3.52. The van der Waals surface area contributed by atoms with Crippen LogP contribution >= 0.6 is 11.3 Å². The number of carbonyl (C=O) groups is 2. The van der Waals surface area contributed by atoms with Crippen molar-refractivity contribution in [2.45, 2.75) is 6.61 Å². The number of halogens is 2. The molecule has 3 rings (SSSR count). The van der Waals surface area contributed by atoms with Gasteiger partial charge in [0.2, 0.25) is 21.8 Å². The summed E-state index contributed by atoms with van der Waals surface area (Å²) in [6.45, 7) is -3.39. The topological polar surface area (TPSA) is 132 Å². The molecular formula is C17H15F2N5O5S2. The Morgan fingerprint density at radius 2 is 2.00 bits per heavy atom. The number of amides is 2. The molecule has 164 valence electrons. The maximum Gasteiger partial charge on any atom is 0.388 e. The van der Waals surface area contributed by atoms with Crippen LogP contribution < -0.4 is 15.4 Å². The van der Waals surface area contributed by atoms with Gasteiger partial charge >= 0.3 is 6.61 Å². The highest BCUT2D eigenvalue weighted by Gasteiger charge is 2.14. The van der Waals surface area contributed by atoms with E-state index >= 15 is 0 Å². The summed E-state index contributed by atoms with van der Waals surface area (Å²) >= 11 is 1.07. The van der Waals surface area contributed by atoms with Crippen molar-refractivity contribution in [1.29, 1.82) is 0 Å². The Morgan fingerprint density at radius 3 is 2.68 bits per heavy atom. The van der Waals surface area contributed by atoms with Gasteiger partial charge in [-0.2, -0.15) is 8.78 Å². The van der Waals surface area contributed by atoms with E-state index in [0.29, 0.717) is 5.69 Å². The number of nitrogens with one attached hydrogen (secondary N) is 2. The average molecular weight is 471 g/mol. The Labute approximate surface area is 178 Å². The van der Waals surface area contributed by atoms with E-state index in [1.807, 2.05) is 0 Å². The van der Waals surface area contributed by atoms with Gasteiger partial charge in [-0.25, -0.2) is 18.4 Å². The highest BCUT2D eigenvalue weighted by Crippen LogP contribution is 2.25. The lowest BCUT2D eigenvalue weighted by molar-refractivity contribution is -0.115. The number of hydrogen-bond donors (Lipinski definition) is 2. The molecule has 0 bridgehead atoms. The lowest BCUT2D eigenvalue weighted by Crippen LogP contribution is -2.32. The van der Waals surface area contributed by atoms with E-state index in [0.717, 1.165) is 27.8 Å². The standard InChI is InChI=1S/C17H15F2N5O5S2/c1-31(27,28)24-6-5-10(8-24)15(26)20-7-13(25)23-17-22-12(9-30-17)11-3-2-4-14(21-11)29-16(18)19/h2-6,8-9,16H,7H2,1H3,(H,20,26)(H,22,23,25). The van der Waals surface area contributed by atoms with Crippen molar-refractivity contribution >= 4 is 38.3 Å². The Kier molecular flexibility index (Phi) is 6.60. The van der Waals surface area contributed by atoms with Crippen LogP contribution in [0, 0.1) is 0 Å². The van der Waals surface area contributed by atoms with Crippen molar-refractivity contribution in [2.75, 3.05) is 18.1 Å². The summed E-state index contributed by atoms with van der Waals surface area (Å²) in [6.07, 6.45) is 3.34. The number of carbonyl (C=O) groups excluding carboxylic acids is 2. The number of ether oxygens (including phenoxy) is 1. The lowest BCUT2D eigenvalue weighted by Gasteiger charge is -2.04. The molecule has 0 aliphatic carbocycles. The van der Waals surface area contributed by atoms with Crippen LogP contribution in [0.3, 0.4) is 0 Å². The minimum Gasteiger partial charge on any atom is -0.417 e. The third-order valence-electron chi connectivity index (χ3n) is 3.67. The SMILES string of the molecule is CS(=O)(=O)n1ccc(C(=O)NCC(=O)Nc2nc(-c3cccc(OC(F)F)n3)cs2)c1. The molecule has 10 nitrogen and oxygen atoms in total. The van der Waals surface area contributed by atoms with E-state index in [-0.39, 0.29) is 28.8 Å². The number of thiazole rings is 1. The van der Waals surface area contributed by atoms with Gasteiger partial charge in [-0.1, -0.05) is 6.07 Å². The first-order chi connectivity index (χ1) is 14.6. The molecule has 0 aliphatic rings. The van der Waals surface area contributed by atoms with Gasteiger partial charge in [-0.3, -0.25) is 13.6 Å². The summed E-state index contributed by atoms with van der Waals surface area (Å²) in [5.41, 5.74) is 0.691. The fraction of sp³-hybridized carbons (Fsp3) is 0.176. The molecule has 0 fully saturated rings. The van der Waals surface area contributed by atoms with E-state index in [2.05, 4.69) is 25.3 Å². The second-order valence-electron chi connectivity index (χ2n) is 6.00. The zero-order valence-electron chi connectivity index (χ0n) is 15.8. The van der Waals surface area contributed by atoms with Crippen molar-refractivity contribution in [3.8, 4) is 17.3 Å². The molecule has 0 saturated carbocycles. The van der Waals surface area contributed by atoms with Crippen molar-refractivity contribution in [3.05, 3.63) is 47.6 Å². The maximum atomic E-state index is 12.3. The van der Waals surface area contributed by atoms with Gasteiger partial charge in [0.05, 0.1) is 24.1 Å². The van der Waals surface area contributed by atoms with E-state index in [1.165, 1.54) is 24.4 Å². The molecule has 0 atom stereocenters. The van der Waals surface area contributed by atoms with Crippen molar-refractivity contribution < 1.29 is 31.5 Å². The highest BCUT2D eigenvalue weighted by atomic mass is 32.2. The molecule has 3 aromatic rings. The average Bonchev–Trinajstić information content (AvgIpc) is 3.35. The molecule has 0 aromatic carbocycles. The normalized spacial score (nSPS) is 11.4. The number of pyridine rings is 1. The second kappa shape index (κ2) is 9.18. The number of alkyl halides is 2. The second-order valence-corrected chi connectivity index (χ2v) is 8.75. The Hall–Kier alpha value is -3.39. The Bertz CT molecular complexity index is 1210. The van der Waals surface area contributed by atoms with Gasteiger partial charge in [0.25, 0.3) is 5.91 Å². The molecule has 0 aliphatic heterocycles. The lowest BCUT2D eigenvalue weighted by atomic mass is 10.3. The fourth-order valence-corrected chi connectivity index (χ4v) is 3.61. The molecule has 31 heavy (non-hydrogen) atoms. The van der Waals surface area contributed by atoms with Gasteiger partial charge in [0.1, 0.15) is 5.69 Å². The summed E-state index contributed by atoms with van der Waals surface area (Å²) in [5.74, 6) is -1.46. The third kappa shape index (κ3) is 6.05. The largest absolute Gasteiger partial charge is 0.417 e. The summed E-state index contributed by atoms with van der Waals surface area (Å²) in [4.78, 5) is 32.2. The molecule has 14 heteroatoms. The molecular weight excluding hydrogens is 456 g/mol. The first kappa shape index (κ1) is 22.3. The first-order valence-electron chi connectivity index (χ1n) is 8.46. The van der Waals surface area contributed by atoms with Gasteiger partial charge in [-0.15, -0.1) is 11.3 Å². The van der Waals surface area contributed by atoms with Gasteiger partial charge in [0.15, 0.2) is 5.13 Å². The maximum absolute atomic E-state index is 12.3. The molecule has 0 unspecified atom stereocenters. The molecule has 0 spiro atoms. The molecule has 2 amide bonds. The monoisotopic (exact) mass is 471 g/mol. The van der Waals surface area contributed by atoms with E-state index < -0.39 is 28.4 Å². The number of nitrogens with zero attached hydrogens (tertiary/aromatic N) is 3. The first-order valence-corrected chi connectivity index (χ1v) is 11.2. The van der Waals surface area contributed by atoms with Crippen LogP contribution in [-0.4, -0.2) is 53.6 Å². The third-order valence-corrected chi connectivity index (χ3v) is 5.42. The molecule has 0 radical (unpaired) electrons.